The molecule has 2 rings (SSSR count). The summed E-state index contributed by atoms with van der Waals surface area (Å²) in [6.07, 6.45) is 4.50. The number of carbonyl (C=O) groups is 1. The Balaban J connectivity index is 1.94. The predicted molar refractivity (Wildman–Crippen MR) is 67.9 cm³/mol. The zero-order valence-corrected chi connectivity index (χ0v) is 10.5. The Labute approximate surface area is 107 Å². The van der Waals surface area contributed by atoms with Crippen LogP contribution in [0.25, 0.3) is 0 Å². The van der Waals surface area contributed by atoms with Crippen molar-refractivity contribution in [3.63, 3.8) is 0 Å². The molecule has 0 radical (unpaired) electrons. The summed E-state index contributed by atoms with van der Waals surface area (Å²) in [5.41, 5.74) is 2.59. The summed E-state index contributed by atoms with van der Waals surface area (Å²) in [7, 11) is 0. The summed E-state index contributed by atoms with van der Waals surface area (Å²) in [5.74, 6) is 5.28. The number of nitrogens with two attached hydrogens (primary N) is 1. The molecule has 7 nitrogen and oxygen atoms in total. The lowest BCUT2D eigenvalue weighted by Gasteiger charge is -2.03. The van der Waals surface area contributed by atoms with Crippen molar-refractivity contribution in [2.24, 2.45) is 5.84 Å². The van der Waals surface area contributed by atoms with E-state index in [1.54, 1.807) is 17.5 Å². The molecule has 0 fully saturated rings. The van der Waals surface area contributed by atoms with E-state index < -0.39 is 0 Å². The Kier molecular flexibility index (Phi) is 3.80. The predicted octanol–water partition coefficient (Wildman–Crippen LogP) is 0.457. The molecular formula is C10H12N6OS. The molecule has 0 saturated heterocycles. The first kappa shape index (κ1) is 12.4. The maximum atomic E-state index is 11.7. The molecule has 2 heterocycles. The third kappa shape index (κ3) is 2.99. The molecule has 0 atom stereocenters. The van der Waals surface area contributed by atoms with Crippen molar-refractivity contribution in [3.8, 4) is 0 Å². The van der Waals surface area contributed by atoms with Gasteiger partial charge in [0.2, 0.25) is 0 Å². The number of hydrazine groups is 1. The SMILES string of the molecule is Cc1ncc(CNC(=O)c2cnc(NN)cn2)s1. The number of carbonyl (C=O) groups excluding carboxylic acids is 1. The summed E-state index contributed by atoms with van der Waals surface area (Å²) in [5, 5.41) is 3.71. The lowest BCUT2D eigenvalue weighted by Crippen LogP contribution is -2.23. The van der Waals surface area contributed by atoms with E-state index in [0.29, 0.717) is 12.4 Å². The van der Waals surface area contributed by atoms with Crippen molar-refractivity contribution in [2.75, 3.05) is 5.43 Å². The highest BCUT2D eigenvalue weighted by Crippen LogP contribution is 2.10. The van der Waals surface area contributed by atoms with Crippen molar-refractivity contribution < 1.29 is 4.79 Å². The van der Waals surface area contributed by atoms with Crippen LogP contribution in [0.2, 0.25) is 0 Å². The average Bonchev–Trinajstić information content (AvgIpc) is 2.82. The number of rotatable bonds is 4. The molecule has 0 spiro atoms. The van der Waals surface area contributed by atoms with E-state index >= 15 is 0 Å². The van der Waals surface area contributed by atoms with Gasteiger partial charge in [-0.05, 0) is 6.92 Å². The zero-order chi connectivity index (χ0) is 13.0. The average molecular weight is 264 g/mol. The first-order valence-corrected chi connectivity index (χ1v) is 5.99. The highest BCUT2D eigenvalue weighted by Gasteiger charge is 2.08. The molecule has 0 unspecified atom stereocenters. The monoisotopic (exact) mass is 264 g/mol. The van der Waals surface area contributed by atoms with Crippen molar-refractivity contribution in [2.45, 2.75) is 13.5 Å². The van der Waals surface area contributed by atoms with Gasteiger partial charge in [0.15, 0.2) is 5.82 Å². The molecule has 0 aliphatic rings. The Morgan fingerprint density at radius 1 is 1.33 bits per heavy atom. The second-order valence-electron chi connectivity index (χ2n) is 3.46. The van der Waals surface area contributed by atoms with E-state index in [-0.39, 0.29) is 11.6 Å². The lowest BCUT2D eigenvalue weighted by atomic mass is 10.4. The zero-order valence-electron chi connectivity index (χ0n) is 9.67. The number of nitrogens with one attached hydrogen (secondary N) is 2. The van der Waals surface area contributed by atoms with Gasteiger partial charge in [0.1, 0.15) is 5.69 Å². The quantitative estimate of drug-likeness (QED) is 0.547. The number of nitrogen functional groups attached to an aromatic ring is 1. The standard InChI is InChI=1S/C10H12N6OS/c1-6-12-2-7(18-6)3-15-10(17)8-4-14-9(16-11)5-13-8/h2,4-5H,3,11H2,1H3,(H,14,16)(H,15,17). The summed E-state index contributed by atoms with van der Waals surface area (Å²) in [4.78, 5) is 24.7. The molecule has 0 aliphatic carbocycles. The van der Waals surface area contributed by atoms with Crippen LogP contribution in [-0.2, 0) is 6.54 Å². The Bertz CT molecular complexity index is 538. The molecule has 0 aliphatic heterocycles. The van der Waals surface area contributed by atoms with Crippen LogP contribution in [0.5, 0.6) is 0 Å². The molecule has 2 aromatic heterocycles. The fourth-order valence-corrected chi connectivity index (χ4v) is 2.00. The van der Waals surface area contributed by atoms with E-state index in [1.165, 1.54) is 12.4 Å². The summed E-state index contributed by atoms with van der Waals surface area (Å²) in [6, 6.07) is 0. The van der Waals surface area contributed by atoms with E-state index in [9.17, 15) is 4.79 Å². The van der Waals surface area contributed by atoms with Crippen LogP contribution in [-0.4, -0.2) is 20.9 Å². The number of amides is 1. The number of anilines is 1. The normalized spacial score (nSPS) is 10.1. The van der Waals surface area contributed by atoms with E-state index in [1.807, 2.05) is 6.92 Å². The fourth-order valence-electron chi connectivity index (χ4n) is 1.26. The summed E-state index contributed by atoms with van der Waals surface area (Å²) < 4.78 is 0. The van der Waals surface area contributed by atoms with E-state index in [0.717, 1.165) is 9.88 Å². The van der Waals surface area contributed by atoms with Crippen molar-refractivity contribution in [1.29, 1.82) is 0 Å². The highest BCUT2D eigenvalue weighted by molar-refractivity contribution is 7.11. The van der Waals surface area contributed by atoms with E-state index in [4.69, 9.17) is 5.84 Å². The minimum Gasteiger partial charge on any atom is -0.346 e. The maximum absolute atomic E-state index is 11.7. The van der Waals surface area contributed by atoms with Crippen LogP contribution in [0.3, 0.4) is 0 Å². The summed E-state index contributed by atoms with van der Waals surface area (Å²) in [6.45, 7) is 2.35. The van der Waals surface area contributed by atoms with Gasteiger partial charge in [0.05, 0.1) is 23.9 Å². The highest BCUT2D eigenvalue weighted by atomic mass is 32.1. The minimum absolute atomic E-state index is 0.246. The fraction of sp³-hybridized carbons (Fsp3) is 0.200. The molecule has 0 aromatic carbocycles. The molecule has 18 heavy (non-hydrogen) atoms. The van der Waals surface area contributed by atoms with Crippen LogP contribution < -0.4 is 16.6 Å². The number of aryl methyl sites for hydroxylation is 1. The Morgan fingerprint density at radius 3 is 2.72 bits per heavy atom. The number of aromatic nitrogens is 3. The second kappa shape index (κ2) is 5.52. The number of thiazole rings is 1. The topological polar surface area (TPSA) is 106 Å². The molecule has 8 heteroatoms. The Morgan fingerprint density at radius 2 is 2.17 bits per heavy atom. The lowest BCUT2D eigenvalue weighted by molar-refractivity contribution is 0.0946. The van der Waals surface area contributed by atoms with Gasteiger partial charge in [-0.1, -0.05) is 0 Å². The number of hydrogen-bond donors (Lipinski definition) is 3. The molecule has 0 saturated carbocycles. The molecule has 94 valence electrons. The van der Waals surface area contributed by atoms with Gasteiger partial charge < -0.3 is 10.7 Å². The van der Waals surface area contributed by atoms with Crippen molar-refractivity contribution >= 4 is 23.1 Å². The molecule has 0 bridgehead atoms. The van der Waals surface area contributed by atoms with Crippen molar-refractivity contribution in [1.82, 2.24) is 20.3 Å². The molecular weight excluding hydrogens is 252 g/mol. The number of hydrogen-bond acceptors (Lipinski definition) is 7. The minimum atomic E-state index is -0.280. The second-order valence-corrected chi connectivity index (χ2v) is 4.78. The van der Waals surface area contributed by atoms with Crippen LogP contribution >= 0.6 is 11.3 Å². The van der Waals surface area contributed by atoms with Gasteiger partial charge in [0.25, 0.3) is 5.91 Å². The first-order chi connectivity index (χ1) is 8.69. The summed E-state index contributed by atoms with van der Waals surface area (Å²) >= 11 is 1.54. The first-order valence-electron chi connectivity index (χ1n) is 5.17. The maximum Gasteiger partial charge on any atom is 0.271 e. The smallest absolute Gasteiger partial charge is 0.271 e. The molecule has 2 aromatic rings. The number of nitrogens with zero attached hydrogens (tertiary/aromatic N) is 3. The van der Waals surface area contributed by atoms with Crippen molar-refractivity contribution in [3.05, 3.63) is 34.2 Å². The van der Waals surface area contributed by atoms with E-state index in [2.05, 4.69) is 25.7 Å². The van der Waals surface area contributed by atoms with Gasteiger partial charge in [-0.25, -0.2) is 20.8 Å². The van der Waals surface area contributed by atoms with Gasteiger partial charge in [-0.2, -0.15) is 0 Å². The van der Waals surface area contributed by atoms with Gasteiger partial charge in [0, 0.05) is 11.1 Å². The third-order valence-electron chi connectivity index (χ3n) is 2.12. The Hall–Kier alpha value is -2.06. The van der Waals surface area contributed by atoms with Gasteiger partial charge >= 0.3 is 0 Å². The largest absolute Gasteiger partial charge is 0.346 e. The van der Waals surface area contributed by atoms with Crippen LogP contribution in [0.1, 0.15) is 20.4 Å². The van der Waals surface area contributed by atoms with Crippen LogP contribution in [0.4, 0.5) is 5.82 Å². The van der Waals surface area contributed by atoms with Gasteiger partial charge in [-0.15, -0.1) is 11.3 Å². The van der Waals surface area contributed by atoms with Crippen LogP contribution in [0.15, 0.2) is 18.6 Å². The van der Waals surface area contributed by atoms with Crippen LogP contribution in [0, 0.1) is 6.92 Å². The van der Waals surface area contributed by atoms with Gasteiger partial charge in [-0.3, -0.25) is 4.79 Å². The molecule has 4 N–H and O–H groups in total. The molecule has 1 amide bonds. The third-order valence-corrected chi connectivity index (χ3v) is 3.04.